The summed E-state index contributed by atoms with van der Waals surface area (Å²) in [6.45, 7) is 8.81. The number of halogens is 3. The van der Waals surface area contributed by atoms with Gasteiger partial charge in [-0.2, -0.15) is 13.2 Å². The SMILES string of the molecule is CC1C(C(=O)OC(=O)N(C(C)C)C(C)C)NC(c2ccccc2)C1CNc1cc(C(F)(F)F)cnc1OCCO. The van der Waals surface area contributed by atoms with E-state index in [9.17, 15) is 22.8 Å². The Morgan fingerprint density at radius 1 is 1.15 bits per heavy atom. The maximum Gasteiger partial charge on any atom is 0.418 e. The number of ether oxygens (including phenoxy) is 2. The van der Waals surface area contributed by atoms with Crippen LogP contribution < -0.4 is 15.4 Å². The Morgan fingerprint density at radius 2 is 1.80 bits per heavy atom. The van der Waals surface area contributed by atoms with Crippen molar-refractivity contribution in [3.05, 3.63) is 53.7 Å². The lowest BCUT2D eigenvalue weighted by Gasteiger charge is -2.29. The number of esters is 1. The number of amides is 1. The first kappa shape index (κ1) is 31.2. The number of carbonyl (C=O) groups is 2. The summed E-state index contributed by atoms with van der Waals surface area (Å²) in [5.74, 6) is -1.48. The van der Waals surface area contributed by atoms with Gasteiger partial charge in [-0.25, -0.2) is 14.6 Å². The van der Waals surface area contributed by atoms with Crippen molar-refractivity contribution in [2.24, 2.45) is 11.8 Å². The molecule has 0 aliphatic carbocycles. The van der Waals surface area contributed by atoms with Crippen LogP contribution in [0.1, 0.15) is 51.8 Å². The molecule has 0 saturated carbocycles. The lowest BCUT2D eigenvalue weighted by Crippen LogP contribution is -2.46. The van der Waals surface area contributed by atoms with Crippen molar-refractivity contribution in [1.82, 2.24) is 15.2 Å². The number of aromatic nitrogens is 1. The van der Waals surface area contributed by atoms with E-state index in [1.807, 2.05) is 65.0 Å². The van der Waals surface area contributed by atoms with Crippen LogP contribution in [0, 0.1) is 11.8 Å². The number of benzene rings is 1. The van der Waals surface area contributed by atoms with E-state index in [0.29, 0.717) is 6.20 Å². The number of alkyl halides is 3. The summed E-state index contributed by atoms with van der Waals surface area (Å²) in [5.41, 5.74) is -0.0796. The summed E-state index contributed by atoms with van der Waals surface area (Å²) in [4.78, 5) is 31.3. The Labute approximate surface area is 232 Å². The summed E-state index contributed by atoms with van der Waals surface area (Å²) in [5, 5.41) is 15.4. The lowest BCUT2D eigenvalue weighted by atomic mass is 9.85. The highest BCUT2D eigenvalue weighted by molar-refractivity contribution is 5.88. The molecule has 4 unspecified atom stereocenters. The molecule has 4 atom stereocenters. The van der Waals surface area contributed by atoms with Crippen LogP contribution in [-0.4, -0.2) is 64.9 Å². The molecule has 1 aromatic carbocycles. The van der Waals surface area contributed by atoms with Crippen LogP contribution in [0.2, 0.25) is 0 Å². The zero-order valence-corrected chi connectivity index (χ0v) is 23.2. The molecule has 40 heavy (non-hydrogen) atoms. The minimum absolute atomic E-state index is 0.00741. The minimum atomic E-state index is -4.62. The van der Waals surface area contributed by atoms with E-state index < -0.39 is 29.8 Å². The first-order valence-electron chi connectivity index (χ1n) is 13.2. The Kier molecular flexibility index (Phi) is 10.4. The predicted octanol–water partition coefficient (Wildman–Crippen LogP) is 4.63. The molecule has 0 radical (unpaired) electrons. The minimum Gasteiger partial charge on any atom is -0.474 e. The number of anilines is 1. The summed E-state index contributed by atoms with van der Waals surface area (Å²) in [6.07, 6.45) is -4.68. The van der Waals surface area contributed by atoms with Crippen LogP contribution in [0.4, 0.5) is 23.7 Å². The molecule has 0 bridgehead atoms. The highest BCUT2D eigenvalue weighted by atomic mass is 19.4. The van der Waals surface area contributed by atoms with Crippen LogP contribution in [0.5, 0.6) is 5.88 Å². The molecule has 9 nitrogen and oxygen atoms in total. The molecule has 220 valence electrons. The number of aliphatic hydroxyl groups is 1. The molecule has 1 aliphatic heterocycles. The molecule has 1 saturated heterocycles. The van der Waals surface area contributed by atoms with Gasteiger partial charge < -0.3 is 24.8 Å². The Hall–Kier alpha value is -3.38. The molecule has 2 aromatic rings. The van der Waals surface area contributed by atoms with Crippen molar-refractivity contribution in [3.63, 3.8) is 0 Å². The Balaban J connectivity index is 1.86. The van der Waals surface area contributed by atoms with Crippen LogP contribution in [-0.2, 0) is 15.7 Å². The van der Waals surface area contributed by atoms with Crippen LogP contribution in [0.25, 0.3) is 0 Å². The largest absolute Gasteiger partial charge is 0.474 e. The fourth-order valence-corrected chi connectivity index (χ4v) is 5.05. The smallest absolute Gasteiger partial charge is 0.418 e. The highest BCUT2D eigenvalue weighted by Crippen LogP contribution is 2.39. The van der Waals surface area contributed by atoms with Gasteiger partial charge in [-0.15, -0.1) is 0 Å². The average Bonchev–Trinajstić information content (AvgIpc) is 3.21. The van der Waals surface area contributed by atoms with E-state index in [-0.39, 0.29) is 61.3 Å². The van der Waals surface area contributed by atoms with Gasteiger partial charge in [0.05, 0.1) is 17.9 Å². The van der Waals surface area contributed by atoms with Gasteiger partial charge in [-0.1, -0.05) is 37.3 Å². The quantitative estimate of drug-likeness (QED) is 0.282. The number of hydrogen-bond acceptors (Lipinski definition) is 8. The van der Waals surface area contributed by atoms with E-state index in [0.717, 1.165) is 11.6 Å². The highest BCUT2D eigenvalue weighted by Gasteiger charge is 2.46. The fourth-order valence-electron chi connectivity index (χ4n) is 5.05. The maximum absolute atomic E-state index is 13.4. The van der Waals surface area contributed by atoms with Crippen LogP contribution in [0.3, 0.4) is 0 Å². The van der Waals surface area contributed by atoms with E-state index in [2.05, 4.69) is 15.6 Å². The van der Waals surface area contributed by atoms with Gasteiger partial charge in [-0.3, -0.25) is 5.32 Å². The summed E-state index contributed by atoms with van der Waals surface area (Å²) >= 11 is 0. The molecule has 1 aromatic heterocycles. The third-order valence-corrected chi connectivity index (χ3v) is 6.95. The van der Waals surface area contributed by atoms with Gasteiger partial charge in [0.1, 0.15) is 12.6 Å². The van der Waals surface area contributed by atoms with Crippen molar-refractivity contribution < 1.29 is 37.3 Å². The second-order valence-corrected chi connectivity index (χ2v) is 10.4. The van der Waals surface area contributed by atoms with Crippen molar-refractivity contribution in [2.75, 3.05) is 25.1 Å². The fraction of sp³-hybridized carbons (Fsp3) is 0.536. The standard InChI is InChI=1S/C28H37F3N4O5/c1-16(2)35(17(3)4)27(38)40-26(37)23-18(5)21(24(34-23)19-9-7-6-8-10-19)15-32-22-13-20(28(29,30)31)14-33-25(22)39-12-11-36/h6-10,13-14,16-18,21,23-24,32,34,36H,11-12,15H2,1-5H3. The van der Waals surface area contributed by atoms with Gasteiger partial charge in [0.2, 0.25) is 5.88 Å². The van der Waals surface area contributed by atoms with Gasteiger partial charge >= 0.3 is 18.2 Å². The third kappa shape index (κ3) is 7.42. The van der Waals surface area contributed by atoms with Gasteiger partial charge in [-0.05, 0) is 45.2 Å². The molecule has 1 fully saturated rings. The van der Waals surface area contributed by atoms with Crippen molar-refractivity contribution >= 4 is 17.7 Å². The zero-order valence-electron chi connectivity index (χ0n) is 23.2. The third-order valence-electron chi connectivity index (χ3n) is 6.95. The molecular weight excluding hydrogens is 529 g/mol. The monoisotopic (exact) mass is 566 g/mol. The number of carbonyl (C=O) groups excluding carboxylic acids is 2. The molecule has 0 spiro atoms. The molecule has 1 aliphatic rings. The Bertz CT molecular complexity index is 1140. The van der Waals surface area contributed by atoms with Gasteiger partial charge in [0, 0.05) is 36.8 Å². The second-order valence-electron chi connectivity index (χ2n) is 10.4. The zero-order chi connectivity index (χ0) is 29.6. The number of nitrogens with zero attached hydrogens (tertiary/aromatic N) is 2. The molecular formula is C28H37F3N4O5. The number of rotatable bonds is 10. The Morgan fingerprint density at radius 3 is 2.38 bits per heavy atom. The topological polar surface area (TPSA) is 113 Å². The summed E-state index contributed by atoms with van der Waals surface area (Å²) in [7, 11) is 0. The summed E-state index contributed by atoms with van der Waals surface area (Å²) in [6, 6.07) is 8.66. The predicted molar refractivity (Wildman–Crippen MR) is 143 cm³/mol. The number of nitrogens with one attached hydrogen (secondary N) is 2. The number of hydrogen-bond donors (Lipinski definition) is 3. The van der Waals surface area contributed by atoms with E-state index in [4.69, 9.17) is 14.6 Å². The number of pyridine rings is 1. The van der Waals surface area contributed by atoms with Gasteiger partial charge in [0.15, 0.2) is 0 Å². The van der Waals surface area contributed by atoms with Crippen molar-refractivity contribution in [1.29, 1.82) is 0 Å². The lowest BCUT2D eigenvalue weighted by molar-refractivity contribution is -0.142. The van der Waals surface area contributed by atoms with E-state index in [1.54, 1.807) is 0 Å². The molecule has 1 amide bonds. The maximum atomic E-state index is 13.4. The van der Waals surface area contributed by atoms with E-state index in [1.165, 1.54) is 4.90 Å². The van der Waals surface area contributed by atoms with Crippen LogP contribution >= 0.6 is 0 Å². The van der Waals surface area contributed by atoms with Gasteiger partial charge in [0.25, 0.3) is 0 Å². The second kappa shape index (κ2) is 13.3. The normalized spacial score (nSPS) is 21.0. The first-order valence-corrected chi connectivity index (χ1v) is 13.2. The molecule has 12 heteroatoms. The number of aliphatic hydroxyl groups excluding tert-OH is 1. The molecule has 3 N–H and O–H groups in total. The molecule has 3 rings (SSSR count). The van der Waals surface area contributed by atoms with Crippen molar-refractivity contribution in [2.45, 2.75) is 65.0 Å². The van der Waals surface area contributed by atoms with E-state index >= 15 is 0 Å². The van der Waals surface area contributed by atoms with Crippen molar-refractivity contribution in [3.8, 4) is 5.88 Å². The molecule has 2 heterocycles. The first-order chi connectivity index (χ1) is 18.8. The van der Waals surface area contributed by atoms with Crippen LogP contribution in [0.15, 0.2) is 42.6 Å². The average molecular weight is 567 g/mol. The summed E-state index contributed by atoms with van der Waals surface area (Å²) < 4.78 is 50.8.